The van der Waals surface area contributed by atoms with Gasteiger partial charge in [-0.15, -0.1) is 0 Å². The predicted molar refractivity (Wildman–Crippen MR) is 86.2 cm³/mol. The summed E-state index contributed by atoms with van der Waals surface area (Å²) in [5.74, 6) is 0.428. The highest BCUT2D eigenvalue weighted by Crippen LogP contribution is 2.57. The summed E-state index contributed by atoms with van der Waals surface area (Å²) >= 11 is 0. The second kappa shape index (κ2) is 6.12. The highest BCUT2D eigenvalue weighted by molar-refractivity contribution is 5.85. The molecule has 3 unspecified atom stereocenters. The van der Waals surface area contributed by atoms with Crippen LogP contribution in [0, 0.1) is 11.8 Å². The van der Waals surface area contributed by atoms with Gasteiger partial charge in [-0.3, -0.25) is 9.36 Å². The molecule has 2 aromatic rings. The summed E-state index contributed by atoms with van der Waals surface area (Å²) < 4.78 is 1.77. The van der Waals surface area contributed by atoms with Crippen molar-refractivity contribution in [1.29, 1.82) is 0 Å². The van der Waals surface area contributed by atoms with Crippen LogP contribution in [0.2, 0.25) is 0 Å². The molecular weight excluding hydrogens is 292 g/mol. The van der Waals surface area contributed by atoms with Gasteiger partial charge in [-0.25, -0.2) is 9.97 Å². The van der Waals surface area contributed by atoms with Crippen molar-refractivity contribution in [3.05, 3.63) is 42.6 Å². The van der Waals surface area contributed by atoms with Crippen LogP contribution in [0.3, 0.4) is 0 Å². The van der Waals surface area contributed by atoms with Crippen molar-refractivity contribution in [2.45, 2.75) is 31.6 Å². The maximum atomic E-state index is 11.9. The van der Waals surface area contributed by atoms with Gasteiger partial charge in [-0.2, -0.15) is 0 Å². The van der Waals surface area contributed by atoms with Crippen LogP contribution in [0.5, 0.6) is 0 Å². The minimum Gasteiger partial charge on any atom is -0.481 e. The number of nitrogens with zero attached hydrogens (tertiary/aromatic N) is 3. The van der Waals surface area contributed by atoms with Gasteiger partial charge in [-0.1, -0.05) is 19.4 Å². The molecule has 23 heavy (non-hydrogen) atoms. The molecule has 0 radical (unpaired) electrons. The first-order chi connectivity index (χ1) is 11.1. The van der Waals surface area contributed by atoms with Gasteiger partial charge >= 0.3 is 5.97 Å². The number of carboxylic acid groups (broad SMARTS) is 1. The molecule has 0 saturated heterocycles. The van der Waals surface area contributed by atoms with E-state index in [0.717, 1.165) is 18.7 Å². The van der Waals surface area contributed by atoms with Gasteiger partial charge in [0.05, 0.1) is 5.69 Å². The largest absolute Gasteiger partial charge is 0.481 e. The Labute approximate surface area is 135 Å². The fourth-order valence-corrected chi connectivity index (χ4v) is 3.32. The van der Waals surface area contributed by atoms with E-state index < -0.39 is 11.4 Å². The SMILES string of the molecule is CCC(CN)CC1CC1(C(=O)O)c1cn(-c2ccccn2)cn1. The third-order valence-electron chi connectivity index (χ3n) is 4.97. The van der Waals surface area contributed by atoms with Crippen molar-refractivity contribution in [2.24, 2.45) is 17.6 Å². The molecule has 2 heterocycles. The molecule has 0 aromatic carbocycles. The van der Waals surface area contributed by atoms with Crippen molar-refractivity contribution < 1.29 is 9.90 Å². The number of rotatable bonds is 7. The molecule has 0 bridgehead atoms. The van der Waals surface area contributed by atoms with Crippen LogP contribution in [0.1, 0.15) is 31.9 Å². The minimum absolute atomic E-state index is 0.112. The van der Waals surface area contributed by atoms with E-state index in [0.29, 0.717) is 24.6 Å². The van der Waals surface area contributed by atoms with Crippen molar-refractivity contribution in [3.63, 3.8) is 0 Å². The molecule has 122 valence electrons. The smallest absolute Gasteiger partial charge is 0.316 e. The second-order valence-electron chi connectivity index (χ2n) is 6.28. The van der Waals surface area contributed by atoms with Gasteiger partial charge in [-0.05, 0) is 43.4 Å². The Morgan fingerprint density at radius 1 is 1.52 bits per heavy atom. The standard InChI is InChI=1S/C17H22N4O2/c1-2-12(9-18)7-13-8-17(13,16(22)23)14-10-21(11-20-14)15-5-3-4-6-19-15/h3-6,10-13H,2,7-9,18H2,1H3,(H,22,23). The van der Waals surface area contributed by atoms with Crippen molar-refractivity contribution in [1.82, 2.24) is 14.5 Å². The lowest BCUT2D eigenvalue weighted by atomic mass is 9.92. The Kier molecular flexibility index (Phi) is 4.17. The van der Waals surface area contributed by atoms with Gasteiger partial charge in [0, 0.05) is 12.4 Å². The maximum absolute atomic E-state index is 11.9. The van der Waals surface area contributed by atoms with Crippen LogP contribution in [0.15, 0.2) is 36.9 Å². The zero-order valence-electron chi connectivity index (χ0n) is 13.2. The summed E-state index contributed by atoms with van der Waals surface area (Å²) in [5.41, 5.74) is 5.53. The monoisotopic (exact) mass is 314 g/mol. The summed E-state index contributed by atoms with van der Waals surface area (Å²) in [4.78, 5) is 20.5. The van der Waals surface area contributed by atoms with E-state index in [-0.39, 0.29) is 5.92 Å². The van der Waals surface area contributed by atoms with Crippen LogP contribution in [-0.2, 0) is 10.2 Å². The molecule has 3 N–H and O–H groups in total. The van der Waals surface area contributed by atoms with Gasteiger partial charge in [0.2, 0.25) is 0 Å². The first-order valence-electron chi connectivity index (χ1n) is 8.01. The molecule has 0 spiro atoms. The molecule has 6 heteroatoms. The molecule has 1 aliphatic carbocycles. The lowest BCUT2D eigenvalue weighted by Gasteiger charge is -2.14. The van der Waals surface area contributed by atoms with Gasteiger partial charge in [0.25, 0.3) is 0 Å². The van der Waals surface area contributed by atoms with Crippen molar-refractivity contribution in [3.8, 4) is 5.82 Å². The number of imidazole rings is 1. The molecule has 1 aliphatic rings. The van der Waals surface area contributed by atoms with E-state index >= 15 is 0 Å². The Morgan fingerprint density at radius 3 is 2.96 bits per heavy atom. The summed E-state index contributed by atoms with van der Waals surface area (Å²) in [5, 5.41) is 9.77. The second-order valence-corrected chi connectivity index (χ2v) is 6.28. The minimum atomic E-state index is -0.859. The summed E-state index contributed by atoms with van der Waals surface area (Å²) in [6.07, 6.45) is 7.59. The zero-order valence-corrected chi connectivity index (χ0v) is 13.2. The Morgan fingerprint density at radius 2 is 2.35 bits per heavy atom. The number of aromatic nitrogens is 3. The Hall–Kier alpha value is -2.21. The molecule has 3 atom stereocenters. The number of hydrogen-bond donors (Lipinski definition) is 2. The van der Waals surface area contributed by atoms with Crippen molar-refractivity contribution in [2.75, 3.05) is 6.54 Å². The van der Waals surface area contributed by atoms with E-state index in [1.165, 1.54) is 0 Å². The molecule has 0 aliphatic heterocycles. The van der Waals surface area contributed by atoms with E-state index in [1.54, 1.807) is 23.3 Å². The fraction of sp³-hybridized carbons (Fsp3) is 0.471. The van der Waals surface area contributed by atoms with Crippen LogP contribution >= 0.6 is 0 Å². The van der Waals surface area contributed by atoms with E-state index in [4.69, 9.17) is 5.73 Å². The Balaban J connectivity index is 1.84. The third-order valence-corrected chi connectivity index (χ3v) is 4.97. The van der Waals surface area contributed by atoms with Crippen LogP contribution in [-0.4, -0.2) is 32.2 Å². The highest BCUT2D eigenvalue weighted by Gasteiger charge is 2.63. The molecule has 0 amide bonds. The molecule has 1 saturated carbocycles. The number of pyridine rings is 1. The van der Waals surface area contributed by atoms with Gasteiger partial charge < -0.3 is 10.8 Å². The summed E-state index contributed by atoms with van der Waals surface area (Å²) in [7, 11) is 0. The van der Waals surface area contributed by atoms with Crippen LogP contribution < -0.4 is 5.73 Å². The first kappa shape index (κ1) is 15.7. The third kappa shape index (κ3) is 2.74. The normalized spacial score (nSPS) is 24.3. The van der Waals surface area contributed by atoms with E-state index in [9.17, 15) is 9.90 Å². The number of hydrogen-bond acceptors (Lipinski definition) is 4. The molecule has 2 aromatic heterocycles. The number of carboxylic acids is 1. The lowest BCUT2D eigenvalue weighted by Crippen LogP contribution is -2.25. The molecule has 3 rings (SSSR count). The first-order valence-corrected chi connectivity index (χ1v) is 8.01. The summed E-state index contributed by atoms with van der Waals surface area (Å²) in [6, 6.07) is 5.60. The average molecular weight is 314 g/mol. The number of aliphatic carboxylic acids is 1. The molecular formula is C17H22N4O2. The van der Waals surface area contributed by atoms with E-state index in [1.807, 2.05) is 18.2 Å². The molecule has 6 nitrogen and oxygen atoms in total. The predicted octanol–water partition coefficient (Wildman–Crippen LogP) is 1.98. The van der Waals surface area contributed by atoms with Crippen LogP contribution in [0.4, 0.5) is 0 Å². The number of nitrogens with two attached hydrogens (primary N) is 1. The zero-order chi connectivity index (χ0) is 16.4. The highest BCUT2D eigenvalue weighted by atomic mass is 16.4. The van der Waals surface area contributed by atoms with Crippen LogP contribution in [0.25, 0.3) is 5.82 Å². The lowest BCUT2D eigenvalue weighted by molar-refractivity contribution is -0.140. The van der Waals surface area contributed by atoms with Crippen molar-refractivity contribution >= 4 is 5.97 Å². The topological polar surface area (TPSA) is 94.0 Å². The maximum Gasteiger partial charge on any atom is 0.316 e. The fourth-order valence-electron chi connectivity index (χ4n) is 3.32. The molecule has 1 fully saturated rings. The van der Waals surface area contributed by atoms with E-state index in [2.05, 4.69) is 16.9 Å². The summed E-state index contributed by atoms with van der Waals surface area (Å²) in [6.45, 7) is 2.70. The van der Waals surface area contributed by atoms with Gasteiger partial charge in [0.1, 0.15) is 17.6 Å². The quantitative estimate of drug-likeness (QED) is 0.815. The van der Waals surface area contributed by atoms with Gasteiger partial charge in [0.15, 0.2) is 0 Å². The Bertz CT molecular complexity index is 681. The average Bonchev–Trinajstić information content (AvgIpc) is 3.09. The number of carbonyl (C=O) groups is 1.